The van der Waals surface area contributed by atoms with E-state index in [1.165, 1.54) is 31.2 Å². The molecule has 3 nitrogen and oxygen atoms in total. The van der Waals surface area contributed by atoms with Crippen molar-refractivity contribution < 1.29 is 4.42 Å². The highest BCUT2D eigenvalue weighted by Crippen LogP contribution is 2.39. The molecule has 1 aliphatic carbocycles. The van der Waals surface area contributed by atoms with Gasteiger partial charge in [-0.05, 0) is 51.0 Å². The lowest BCUT2D eigenvalue weighted by molar-refractivity contribution is 0.0658. The van der Waals surface area contributed by atoms with E-state index in [0.29, 0.717) is 11.6 Å². The van der Waals surface area contributed by atoms with Crippen molar-refractivity contribution in [1.82, 2.24) is 10.2 Å². The summed E-state index contributed by atoms with van der Waals surface area (Å²) in [4.78, 5) is 2.67. The van der Waals surface area contributed by atoms with E-state index >= 15 is 0 Å². The third-order valence-electron chi connectivity index (χ3n) is 4.88. The van der Waals surface area contributed by atoms with E-state index in [4.69, 9.17) is 4.42 Å². The van der Waals surface area contributed by atoms with Gasteiger partial charge in [0.25, 0.3) is 0 Å². The quantitative estimate of drug-likeness (QED) is 0.820. The van der Waals surface area contributed by atoms with E-state index in [1.54, 1.807) is 6.26 Å². The zero-order valence-corrected chi connectivity index (χ0v) is 12.6. The Kier molecular flexibility index (Phi) is 5.06. The van der Waals surface area contributed by atoms with E-state index in [9.17, 15) is 0 Å². The van der Waals surface area contributed by atoms with Crippen LogP contribution in [0.4, 0.5) is 0 Å². The van der Waals surface area contributed by atoms with Crippen LogP contribution in [0.15, 0.2) is 23.0 Å². The Morgan fingerprint density at radius 1 is 1.32 bits per heavy atom. The highest BCUT2D eigenvalue weighted by molar-refractivity contribution is 5.13. The highest BCUT2D eigenvalue weighted by Gasteiger charge is 2.44. The average Bonchev–Trinajstić information content (AvgIpc) is 3.09. The maximum Gasteiger partial charge on any atom is 0.0935 e. The molecule has 0 bridgehead atoms. The molecule has 1 fully saturated rings. The summed E-state index contributed by atoms with van der Waals surface area (Å²) in [6.07, 6.45) is 10.1. The first-order valence-corrected chi connectivity index (χ1v) is 7.70. The van der Waals surface area contributed by atoms with Crippen LogP contribution in [0, 0.1) is 0 Å². The van der Waals surface area contributed by atoms with Gasteiger partial charge >= 0.3 is 0 Å². The van der Waals surface area contributed by atoms with Gasteiger partial charge in [0, 0.05) is 11.6 Å². The summed E-state index contributed by atoms with van der Waals surface area (Å²) in [7, 11) is 2.11. The molecule has 0 radical (unpaired) electrons. The number of nitrogens with one attached hydrogen (secondary N) is 1. The summed E-state index contributed by atoms with van der Waals surface area (Å²) in [6, 6.07) is 2.60. The van der Waals surface area contributed by atoms with Crippen LogP contribution in [0.3, 0.4) is 0 Å². The topological polar surface area (TPSA) is 28.4 Å². The summed E-state index contributed by atoms with van der Waals surface area (Å²) in [5.41, 5.74) is 1.63. The van der Waals surface area contributed by atoms with Crippen molar-refractivity contribution in [2.75, 3.05) is 20.1 Å². The Morgan fingerprint density at radius 2 is 2.00 bits per heavy atom. The van der Waals surface area contributed by atoms with E-state index < -0.39 is 0 Å². The number of rotatable bonds is 7. The van der Waals surface area contributed by atoms with E-state index in [2.05, 4.69) is 37.2 Å². The molecule has 1 heterocycles. The Morgan fingerprint density at radius 3 is 2.47 bits per heavy atom. The predicted molar refractivity (Wildman–Crippen MR) is 79.4 cm³/mol. The molecule has 19 heavy (non-hydrogen) atoms. The Bertz CT molecular complexity index is 351. The van der Waals surface area contributed by atoms with Crippen LogP contribution >= 0.6 is 0 Å². The first kappa shape index (κ1) is 14.6. The van der Waals surface area contributed by atoms with Gasteiger partial charge in [-0.2, -0.15) is 0 Å². The summed E-state index contributed by atoms with van der Waals surface area (Å²) < 4.78 is 5.23. The molecule has 0 aromatic carbocycles. The second-order valence-corrected chi connectivity index (χ2v) is 5.66. The SMILES string of the molecule is CCN(CC)C1(C(Cc2ccoc2)NC)CCCC1. The van der Waals surface area contributed by atoms with Crippen molar-refractivity contribution in [1.29, 1.82) is 0 Å². The molecular formula is C16H28N2O. The molecule has 0 saturated heterocycles. The van der Waals surface area contributed by atoms with Crippen LogP contribution in [0.5, 0.6) is 0 Å². The molecule has 1 N–H and O–H groups in total. The standard InChI is InChI=1S/C16H28N2O/c1-4-18(5-2)16(9-6-7-10-16)15(17-3)12-14-8-11-19-13-14/h8,11,13,15,17H,4-7,9-10,12H2,1-3H3. The minimum atomic E-state index is 0.329. The molecule has 1 saturated carbocycles. The first-order chi connectivity index (χ1) is 9.26. The summed E-state index contributed by atoms with van der Waals surface area (Å²) in [6.45, 7) is 6.85. The third kappa shape index (κ3) is 2.87. The number of furan rings is 1. The van der Waals surface area contributed by atoms with Crippen LogP contribution in [-0.2, 0) is 6.42 Å². The van der Waals surface area contributed by atoms with Gasteiger partial charge in [-0.15, -0.1) is 0 Å². The van der Waals surface area contributed by atoms with Crippen molar-refractivity contribution in [2.45, 2.75) is 57.5 Å². The maximum atomic E-state index is 5.23. The van der Waals surface area contributed by atoms with Gasteiger partial charge in [-0.25, -0.2) is 0 Å². The average molecular weight is 264 g/mol. The first-order valence-electron chi connectivity index (χ1n) is 7.70. The van der Waals surface area contributed by atoms with Crippen molar-refractivity contribution in [2.24, 2.45) is 0 Å². The molecule has 1 unspecified atom stereocenters. The lowest BCUT2D eigenvalue weighted by Crippen LogP contribution is -2.60. The van der Waals surface area contributed by atoms with Crippen molar-refractivity contribution in [3.05, 3.63) is 24.2 Å². The Balaban J connectivity index is 2.20. The molecule has 108 valence electrons. The fraction of sp³-hybridized carbons (Fsp3) is 0.750. The molecule has 2 rings (SSSR count). The van der Waals surface area contributed by atoms with Crippen LogP contribution in [0.1, 0.15) is 45.1 Å². The van der Waals surface area contributed by atoms with Crippen LogP contribution in [-0.4, -0.2) is 36.6 Å². The lowest BCUT2D eigenvalue weighted by atomic mass is 9.82. The molecule has 1 atom stereocenters. The van der Waals surface area contributed by atoms with E-state index in [1.807, 2.05) is 6.26 Å². The van der Waals surface area contributed by atoms with Gasteiger partial charge in [-0.1, -0.05) is 26.7 Å². The molecule has 3 heteroatoms. The molecule has 1 aromatic rings. The van der Waals surface area contributed by atoms with Crippen LogP contribution < -0.4 is 5.32 Å². The van der Waals surface area contributed by atoms with Crippen molar-refractivity contribution in [3.63, 3.8) is 0 Å². The molecule has 1 aromatic heterocycles. The van der Waals surface area contributed by atoms with Crippen molar-refractivity contribution >= 4 is 0 Å². The highest BCUT2D eigenvalue weighted by atomic mass is 16.3. The number of hydrogen-bond donors (Lipinski definition) is 1. The van der Waals surface area contributed by atoms with Gasteiger partial charge < -0.3 is 9.73 Å². The number of nitrogens with zero attached hydrogens (tertiary/aromatic N) is 1. The zero-order chi connectivity index (χ0) is 13.7. The Hall–Kier alpha value is -0.800. The number of hydrogen-bond acceptors (Lipinski definition) is 3. The van der Waals surface area contributed by atoms with E-state index in [0.717, 1.165) is 19.5 Å². The van der Waals surface area contributed by atoms with E-state index in [-0.39, 0.29) is 0 Å². The van der Waals surface area contributed by atoms with Gasteiger partial charge in [-0.3, -0.25) is 4.90 Å². The normalized spacial score (nSPS) is 20.0. The zero-order valence-electron chi connectivity index (χ0n) is 12.6. The second kappa shape index (κ2) is 6.58. The monoisotopic (exact) mass is 264 g/mol. The summed E-state index contributed by atoms with van der Waals surface area (Å²) in [5.74, 6) is 0. The summed E-state index contributed by atoms with van der Waals surface area (Å²) >= 11 is 0. The van der Waals surface area contributed by atoms with Crippen molar-refractivity contribution in [3.8, 4) is 0 Å². The fourth-order valence-corrected chi connectivity index (χ4v) is 3.93. The smallest absolute Gasteiger partial charge is 0.0935 e. The molecule has 0 amide bonds. The minimum Gasteiger partial charge on any atom is -0.472 e. The molecular weight excluding hydrogens is 236 g/mol. The Labute approximate surface area is 117 Å². The van der Waals surface area contributed by atoms with Crippen LogP contribution in [0.2, 0.25) is 0 Å². The predicted octanol–water partition coefficient (Wildman–Crippen LogP) is 3.06. The van der Waals surface area contributed by atoms with Gasteiger partial charge in [0.2, 0.25) is 0 Å². The van der Waals surface area contributed by atoms with Gasteiger partial charge in [0.05, 0.1) is 12.5 Å². The third-order valence-corrected chi connectivity index (χ3v) is 4.88. The van der Waals surface area contributed by atoms with Gasteiger partial charge in [0.1, 0.15) is 0 Å². The molecule has 0 aliphatic heterocycles. The molecule has 1 aliphatic rings. The van der Waals surface area contributed by atoms with Gasteiger partial charge in [0.15, 0.2) is 0 Å². The van der Waals surface area contributed by atoms with Crippen LogP contribution in [0.25, 0.3) is 0 Å². The molecule has 0 spiro atoms. The second-order valence-electron chi connectivity index (χ2n) is 5.66. The fourth-order valence-electron chi connectivity index (χ4n) is 3.93. The number of likely N-dealkylation sites (N-methyl/N-ethyl adjacent to an activating group) is 2. The minimum absolute atomic E-state index is 0.329. The summed E-state index contributed by atoms with van der Waals surface area (Å²) in [5, 5.41) is 3.59. The lowest BCUT2D eigenvalue weighted by Gasteiger charge is -2.46. The maximum absolute atomic E-state index is 5.23. The largest absolute Gasteiger partial charge is 0.472 e.